The average Bonchev–Trinajstić information content (AvgIpc) is 3.58. The number of aromatic nitrogens is 3. The molecule has 1 aliphatic carbocycles. The van der Waals surface area contributed by atoms with Crippen molar-refractivity contribution in [2.24, 2.45) is 0 Å². The van der Waals surface area contributed by atoms with Gasteiger partial charge in [-0.3, -0.25) is 9.80 Å². The molecule has 0 N–H and O–H groups in total. The summed E-state index contributed by atoms with van der Waals surface area (Å²) in [6.45, 7) is 15.4. The third-order valence-corrected chi connectivity index (χ3v) is 7.13. The fourth-order valence-electron chi connectivity index (χ4n) is 4.95. The van der Waals surface area contributed by atoms with Crippen LogP contribution in [-0.2, 0) is 6.54 Å². The van der Waals surface area contributed by atoms with Crippen LogP contribution in [-0.4, -0.2) is 63.1 Å². The van der Waals surface area contributed by atoms with E-state index in [0.717, 1.165) is 43.0 Å². The van der Waals surface area contributed by atoms with Crippen LogP contribution in [0.5, 0.6) is 0 Å². The number of hydrogen-bond acceptors (Lipinski definition) is 4. The summed E-state index contributed by atoms with van der Waals surface area (Å²) in [6, 6.07) is 11.8. The highest BCUT2D eigenvalue weighted by Crippen LogP contribution is 2.41. The molecule has 0 atom stereocenters. The van der Waals surface area contributed by atoms with Crippen LogP contribution in [0, 0.1) is 13.8 Å². The van der Waals surface area contributed by atoms with Crippen LogP contribution in [0.3, 0.4) is 0 Å². The van der Waals surface area contributed by atoms with Crippen molar-refractivity contribution in [1.29, 1.82) is 0 Å². The minimum Gasteiger partial charge on any atom is -0.308 e. The van der Waals surface area contributed by atoms with E-state index in [9.17, 15) is 0 Å². The summed E-state index contributed by atoms with van der Waals surface area (Å²) in [7, 11) is 0. The van der Waals surface area contributed by atoms with Crippen LogP contribution in [0.25, 0.3) is 17.2 Å². The Morgan fingerprint density at radius 2 is 1.66 bits per heavy atom. The molecule has 5 rings (SSSR count). The molecule has 0 spiro atoms. The number of hydrogen-bond donors (Lipinski definition) is 0. The maximum Gasteiger partial charge on any atom is 0.160 e. The molecule has 1 aliphatic heterocycles. The quantitative estimate of drug-likeness (QED) is 0.395. The molecule has 35 heavy (non-hydrogen) atoms. The fraction of sp³-hybridized carbons (Fsp3) is 0.500. The molecule has 3 heterocycles. The van der Waals surface area contributed by atoms with Crippen LogP contribution < -0.4 is 0 Å². The largest absolute Gasteiger partial charge is 0.308 e. The molecule has 1 saturated carbocycles. The third kappa shape index (κ3) is 6.45. The van der Waals surface area contributed by atoms with Gasteiger partial charge in [0.2, 0.25) is 0 Å². The Hall–Kier alpha value is -1.92. The molecule has 3 aromatic rings. The lowest BCUT2D eigenvalue weighted by Gasteiger charge is -2.36. The molecular weight excluding hydrogens is 477 g/mol. The van der Waals surface area contributed by atoms with Gasteiger partial charge in [-0.15, -0.1) is 24.8 Å². The number of rotatable bonds is 7. The summed E-state index contributed by atoms with van der Waals surface area (Å²) in [5.41, 5.74) is 6.97. The van der Waals surface area contributed by atoms with Crippen molar-refractivity contribution in [1.82, 2.24) is 24.3 Å². The predicted molar refractivity (Wildman–Crippen MR) is 151 cm³/mol. The van der Waals surface area contributed by atoms with Gasteiger partial charge >= 0.3 is 0 Å². The van der Waals surface area contributed by atoms with E-state index in [1.165, 1.54) is 48.4 Å². The molecule has 1 aromatic carbocycles. The molecule has 0 bridgehead atoms. The van der Waals surface area contributed by atoms with E-state index in [-0.39, 0.29) is 24.8 Å². The second-order valence-electron chi connectivity index (χ2n) is 10.2. The Balaban J connectivity index is 0.00000171. The predicted octanol–water partition coefficient (Wildman–Crippen LogP) is 5.86. The van der Waals surface area contributed by atoms with Crippen molar-refractivity contribution >= 4 is 42.1 Å². The molecule has 0 radical (unpaired) electrons. The Morgan fingerprint density at radius 1 is 0.971 bits per heavy atom. The lowest BCUT2D eigenvalue weighted by molar-refractivity contribution is 0.117. The molecule has 2 aromatic heterocycles. The van der Waals surface area contributed by atoms with E-state index in [0.29, 0.717) is 12.0 Å². The molecule has 0 amide bonds. The first-order chi connectivity index (χ1) is 16.0. The summed E-state index contributed by atoms with van der Waals surface area (Å²) >= 11 is 0. The smallest absolute Gasteiger partial charge is 0.160 e. The standard InChI is InChI=1S/C28H37N5.2ClH/c1-20(2)32-16-14-31(15-17-32)13-5-6-23-7-9-24(10-8-23)19-33-27(25-11-12-25)30-26-21(3)18-22(4)29-28(26)33;;/h5-10,18,20,25H,11-17,19H2,1-4H3;2*1H. The van der Waals surface area contributed by atoms with E-state index in [2.05, 4.69) is 84.5 Å². The second kappa shape index (κ2) is 11.9. The molecular formula is C28H39Cl2N5. The van der Waals surface area contributed by atoms with Crippen molar-refractivity contribution in [3.63, 3.8) is 0 Å². The number of piperazine rings is 1. The first-order valence-corrected chi connectivity index (χ1v) is 12.5. The van der Waals surface area contributed by atoms with Crippen LogP contribution in [0.1, 0.15) is 60.8 Å². The fourth-order valence-corrected chi connectivity index (χ4v) is 4.95. The monoisotopic (exact) mass is 515 g/mol. The summed E-state index contributed by atoms with van der Waals surface area (Å²) in [5.74, 6) is 1.82. The highest BCUT2D eigenvalue weighted by molar-refractivity contribution is 5.85. The average molecular weight is 517 g/mol. The van der Waals surface area contributed by atoms with Gasteiger partial charge in [-0.05, 0) is 63.3 Å². The minimum absolute atomic E-state index is 0. The van der Waals surface area contributed by atoms with Crippen molar-refractivity contribution in [3.05, 3.63) is 64.6 Å². The summed E-state index contributed by atoms with van der Waals surface area (Å²) in [5, 5.41) is 0. The van der Waals surface area contributed by atoms with Crippen molar-refractivity contribution in [3.8, 4) is 0 Å². The van der Waals surface area contributed by atoms with Gasteiger partial charge in [0.25, 0.3) is 0 Å². The summed E-state index contributed by atoms with van der Waals surface area (Å²) in [6.07, 6.45) is 7.06. The minimum atomic E-state index is 0. The first-order valence-electron chi connectivity index (χ1n) is 12.5. The molecule has 2 fully saturated rings. The number of fused-ring (bicyclic) bond motifs is 1. The highest BCUT2D eigenvalue weighted by Gasteiger charge is 2.30. The lowest BCUT2D eigenvalue weighted by Crippen LogP contribution is -2.48. The van der Waals surface area contributed by atoms with Gasteiger partial charge in [0, 0.05) is 50.4 Å². The summed E-state index contributed by atoms with van der Waals surface area (Å²) in [4.78, 5) is 15.0. The van der Waals surface area contributed by atoms with Crippen molar-refractivity contribution in [2.75, 3.05) is 32.7 Å². The number of benzene rings is 1. The normalized spacial score (nSPS) is 17.2. The van der Waals surface area contributed by atoms with Crippen molar-refractivity contribution < 1.29 is 0 Å². The Labute approximate surface area is 222 Å². The van der Waals surface area contributed by atoms with E-state index in [1.807, 2.05) is 0 Å². The zero-order chi connectivity index (χ0) is 22.9. The Morgan fingerprint density at radius 3 is 2.29 bits per heavy atom. The van der Waals surface area contributed by atoms with Crippen molar-refractivity contribution in [2.45, 2.75) is 59.0 Å². The van der Waals surface area contributed by atoms with E-state index >= 15 is 0 Å². The SMILES string of the molecule is Cc1cc(C)c2nc(C3CC3)n(Cc3ccc(C=CCN4CCN(C(C)C)CC4)cc3)c2n1.Cl.Cl. The van der Waals surface area contributed by atoms with Gasteiger partial charge in [-0.25, -0.2) is 9.97 Å². The van der Waals surface area contributed by atoms with E-state index in [4.69, 9.17) is 9.97 Å². The van der Waals surface area contributed by atoms with Crippen LogP contribution >= 0.6 is 24.8 Å². The number of imidazole rings is 1. The zero-order valence-corrected chi connectivity index (χ0v) is 23.0. The molecule has 5 nitrogen and oxygen atoms in total. The maximum atomic E-state index is 5.01. The zero-order valence-electron chi connectivity index (χ0n) is 21.4. The summed E-state index contributed by atoms with van der Waals surface area (Å²) < 4.78 is 2.36. The number of nitrogens with zero attached hydrogens (tertiary/aromatic N) is 5. The van der Waals surface area contributed by atoms with Gasteiger partial charge in [0.1, 0.15) is 11.3 Å². The van der Waals surface area contributed by atoms with Gasteiger partial charge in [-0.2, -0.15) is 0 Å². The lowest BCUT2D eigenvalue weighted by atomic mass is 10.1. The van der Waals surface area contributed by atoms with Crippen LogP contribution in [0.2, 0.25) is 0 Å². The molecule has 7 heteroatoms. The van der Waals surface area contributed by atoms with E-state index in [1.54, 1.807) is 0 Å². The molecule has 190 valence electrons. The number of pyridine rings is 1. The van der Waals surface area contributed by atoms with E-state index < -0.39 is 0 Å². The van der Waals surface area contributed by atoms with Crippen LogP contribution in [0.4, 0.5) is 0 Å². The third-order valence-electron chi connectivity index (χ3n) is 7.13. The highest BCUT2D eigenvalue weighted by atomic mass is 35.5. The van der Waals surface area contributed by atoms with Gasteiger partial charge in [0.15, 0.2) is 5.65 Å². The Bertz CT molecular complexity index is 1140. The van der Waals surface area contributed by atoms with Gasteiger partial charge in [-0.1, -0.05) is 36.4 Å². The Kier molecular flexibility index (Phi) is 9.39. The molecule has 2 aliphatic rings. The number of aryl methyl sites for hydroxylation is 2. The first kappa shape index (κ1) is 27.7. The molecule has 0 unspecified atom stereocenters. The topological polar surface area (TPSA) is 37.2 Å². The van der Waals surface area contributed by atoms with Gasteiger partial charge in [0.05, 0.1) is 6.54 Å². The van der Waals surface area contributed by atoms with Gasteiger partial charge < -0.3 is 4.57 Å². The molecule has 1 saturated heterocycles. The number of halogens is 2. The van der Waals surface area contributed by atoms with Crippen LogP contribution in [0.15, 0.2) is 36.4 Å². The maximum absolute atomic E-state index is 5.01. The second-order valence-corrected chi connectivity index (χ2v) is 10.2.